The van der Waals surface area contributed by atoms with E-state index in [1.165, 1.54) is 22.0 Å². The third-order valence-electron chi connectivity index (χ3n) is 5.55. The number of thiazole rings is 1. The molecular weight excluding hydrogens is 468 g/mol. The van der Waals surface area contributed by atoms with Gasteiger partial charge in [0.05, 0.1) is 30.4 Å². The predicted octanol–water partition coefficient (Wildman–Crippen LogP) is 3.02. The van der Waals surface area contributed by atoms with E-state index in [1.807, 2.05) is 31.2 Å². The van der Waals surface area contributed by atoms with Crippen molar-refractivity contribution in [2.75, 3.05) is 20.3 Å². The first kappa shape index (κ1) is 24.3. The Morgan fingerprint density at radius 1 is 1.17 bits per heavy atom. The Morgan fingerprint density at radius 2 is 1.91 bits per heavy atom. The van der Waals surface area contributed by atoms with Crippen LogP contribution in [0, 0.1) is 0 Å². The number of nitrogens with zero attached hydrogens (tertiary/aromatic N) is 2. The van der Waals surface area contributed by atoms with Crippen molar-refractivity contribution >= 4 is 29.1 Å². The first-order valence-corrected chi connectivity index (χ1v) is 12.0. The van der Waals surface area contributed by atoms with Crippen LogP contribution < -0.4 is 24.4 Å². The average Bonchev–Trinajstić information content (AvgIpc) is 3.16. The molecule has 3 aromatic rings. The van der Waals surface area contributed by atoms with Crippen LogP contribution in [-0.4, -0.2) is 36.0 Å². The third kappa shape index (κ3) is 4.72. The maximum absolute atomic E-state index is 13.3. The number of aromatic hydroxyl groups is 1. The zero-order valence-corrected chi connectivity index (χ0v) is 20.7. The summed E-state index contributed by atoms with van der Waals surface area (Å²) in [5, 5.41) is 10.1. The number of carbonyl (C=O) groups is 1. The fourth-order valence-electron chi connectivity index (χ4n) is 3.88. The number of hydrogen-bond acceptors (Lipinski definition) is 8. The lowest BCUT2D eigenvalue weighted by Crippen LogP contribution is -2.35. The lowest BCUT2D eigenvalue weighted by Gasteiger charge is -2.22. The van der Waals surface area contributed by atoms with E-state index in [-0.39, 0.29) is 23.5 Å². The van der Waals surface area contributed by atoms with Gasteiger partial charge >= 0.3 is 5.97 Å². The van der Waals surface area contributed by atoms with Gasteiger partial charge in [0.15, 0.2) is 16.3 Å². The van der Waals surface area contributed by atoms with Crippen LogP contribution in [0.3, 0.4) is 0 Å². The van der Waals surface area contributed by atoms with Gasteiger partial charge in [0.2, 0.25) is 0 Å². The highest BCUT2D eigenvalue weighted by molar-refractivity contribution is 7.07. The molecule has 1 aliphatic heterocycles. The molecule has 0 saturated heterocycles. The first-order chi connectivity index (χ1) is 16.9. The highest BCUT2D eigenvalue weighted by Crippen LogP contribution is 2.36. The summed E-state index contributed by atoms with van der Waals surface area (Å²) in [6.45, 7) is 5.81. The summed E-state index contributed by atoms with van der Waals surface area (Å²) in [7, 11) is 1.60. The van der Waals surface area contributed by atoms with E-state index in [9.17, 15) is 14.7 Å². The number of phenols is 1. The zero-order chi connectivity index (χ0) is 25.1. The van der Waals surface area contributed by atoms with Crippen molar-refractivity contribution < 1.29 is 24.1 Å². The molecule has 0 radical (unpaired) electrons. The number of carbonyl (C=O) groups excluding carboxylic acids is 1. The Kier molecular flexibility index (Phi) is 7.07. The molecule has 0 spiro atoms. The van der Waals surface area contributed by atoms with Crippen LogP contribution in [0.1, 0.15) is 37.9 Å². The number of esters is 1. The molecule has 2 heterocycles. The number of benzene rings is 2. The molecular formula is C26H26N2O6S. The second-order valence-corrected chi connectivity index (χ2v) is 8.73. The van der Waals surface area contributed by atoms with Gasteiger partial charge in [-0.05, 0) is 62.2 Å². The fourth-order valence-corrected chi connectivity index (χ4v) is 4.92. The molecule has 35 heavy (non-hydrogen) atoms. The molecule has 4 rings (SSSR count). The summed E-state index contributed by atoms with van der Waals surface area (Å²) >= 11 is 1.24. The molecule has 0 aliphatic carbocycles. The van der Waals surface area contributed by atoms with Crippen molar-refractivity contribution in [2.45, 2.75) is 26.8 Å². The van der Waals surface area contributed by atoms with E-state index in [2.05, 4.69) is 0 Å². The van der Waals surface area contributed by atoms with E-state index in [1.54, 1.807) is 39.2 Å². The van der Waals surface area contributed by atoms with Crippen LogP contribution in [-0.2, 0) is 9.53 Å². The maximum Gasteiger partial charge on any atom is 0.338 e. The standard InChI is InChI=1S/C26H26N2O6S/c1-5-33-20-14-17(9-12-19(20)29)23-22(25(31)34-6-2)15(3)28-24(30)21(35-26(28)27-23)13-16-7-10-18(32-4)11-8-16/h7-14,23,29H,5-6H2,1-4H3/b21-13-/t23-/m1/s1. The SMILES string of the molecule is CCOC(=O)C1=C(C)n2c(s/c(=C\c3ccc(OC)cc3)c2=O)=N[C@@H]1c1ccc(O)c(OCC)c1. The average molecular weight is 495 g/mol. The molecule has 9 heteroatoms. The zero-order valence-electron chi connectivity index (χ0n) is 19.9. The van der Waals surface area contributed by atoms with Gasteiger partial charge in [0.1, 0.15) is 11.8 Å². The van der Waals surface area contributed by atoms with Crippen LogP contribution in [0.2, 0.25) is 0 Å². The van der Waals surface area contributed by atoms with Crippen LogP contribution in [0.25, 0.3) is 11.8 Å². The minimum Gasteiger partial charge on any atom is -0.504 e. The van der Waals surface area contributed by atoms with Gasteiger partial charge in [-0.25, -0.2) is 9.79 Å². The van der Waals surface area contributed by atoms with Crippen LogP contribution in [0.5, 0.6) is 17.2 Å². The number of allylic oxidation sites excluding steroid dienone is 1. The third-order valence-corrected chi connectivity index (χ3v) is 6.54. The number of ether oxygens (including phenoxy) is 3. The normalized spacial score (nSPS) is 15.4. The molecule has 0 amide bonds. The van der Waals surface area contributed by atoms with Gasteiger partial charge in [-0.3, -0.25) is 9.36 Å². The number of hydrogen-bond donors (Lipinski definition) is 1. The van der Waals surface area contributed by atoms with Crippen molar-refractivity contribution in [1.29, 1.82) is 0 Å². The Bertz CT molecular complexity index is 1470. The summed E-state index contributed by atoms with van der Waals surface area (Å²) in [5.74, 6) is 0.465. The van der Waals surface area contributed by atoms with E-state index in [0.717, 1.165) is 11.3 Å². The monoisotopic (exact) mass is 494 g/mol. The van der Waals surface area contributed by atoms with Gasteiger partial charge in [0.25, 0.3) is 5.56 Å². The van der Waals surface area contributed by atoms with E-state index >= 15 is 0 Å². The summed E-state index contributed by atoms with van der Waals surface area (Å²) in [4.78, 5) is 31.6. The largest absolute Gasteiger partial charge is 0.504 e. The first-order valence-electron chi connectivity index (χ1n) is 11.2. The second-order valence-electron chi connectivity index (χ2n) is 7.72. The van der Waals surface area contributed by atoms with Crippen molar-refractivity contribution in [2.24, 2.45) is 4.99 Å². The molecule has 182 valence electrons. The number of fused-ring (bicyclic) bond motifs is 1. The molecule has 1 atom stereocenters. The summed E-state index contributed by atoms with van der Waals surface area (Å²) in [5.41, 5.74) is 1.94. The highest BCUT2D eigenvalue weighted by atomic mass is 32.1. The maximum atomic E-state index is 13.3. The van der Waals surface area contributed by atoms with Gasteiger partial charge in [-0.2, -0.15) is 0 Å². The van der Waals surface area contributed by atoms with Gasteiger partial charge in [-0.1, -0.05) is 29.5 Å². The molecule has 0 unspecified atom stereocenters. The smallest absolute Gasteiger partial charge is 0.338 e. The van der Waals surface area contributed by atoms with Crippen LogP contribution >= 0.6 is 11.3 Å². The van der Waals surface area contributed by atoms with Crippen molar-refractivity contribution in [3.8, 4) is 17.2 Å². The molecule has 1 aliphatic rings. The summed E-state index contributed by atoms with van der Waals surface area (Å²) in [6.07, 6.45) is 1.79. The van der Waals surface area contributed by atoms with E-state index < -0.39 is 12.0 Å². The summed E-state index contributed by atoms with van der Waals surface area (Å²) in [6, 6.07) is 11.5. The van der Waals surface area contributed by atoms with E-state index in [0.29, 0.717) is 33.0 Å². The fraction of sp³-hybridized carbons (Fsp3) is 0.269. The number of rotatable bonds is 7. The van der Waals surface area contributed by atoms with Crippen LogP contribution in [0.15, 0.2) is 57.8 Å². The Hall–Kier alpha value is -3.85. The Morgan fingerprint density at radius 3 is 2.57 bits per heavy atom. The highest BCUT2D eigenvalue weighted by Gasteiger charge is 2.32. The lowest BCUT2D eigenvalue weighted by atomic mass is 9.96. The Labute approximate surface area is 206 Å². The molecule has 0 fully saturated rings. The molecule has 1 N–H and O–H groups in total. The minimum absolute atomic E-state index is 0.00537. The van der Waals surface area contributed by atoms with Gasteiger partial charge in [-0.15, -0.1) is 0 Å². The van der Waals surface area contributed by atoms with Gasteiger partial charge in [0, 0.05) is 5.70 Å². The van der Waals surface area contributed by atoms with Crippen LogP contribution in [0.4, 0.5) is 0 Å². The number of phenolic OH excluding ortho intramolecular Hbond substituents is 1. The quantitative estimate of drug-likeness (QED) is 0.507. The minimum atomic E-state index is -0.722. The number of aromatic nitrogens is 1. The molecule has 0 saturated carbocycles. The predicted molar refractivity (Wildman–Crippen MR) is 133 cm³/mol. The molecule has 2 aromatic carbocycles. The van der Waals surface area contributed by atoms with Gasteiger partial charge < -0.3 is 19.3 Å². The van der Waals surface area contributed by atoms with Crippen molar-refractivity contribution in [1.82, 2.24) is 4.57 Å². The van der Waals surface area contributed by atoms with Crippen molar-refractivity contribution in [3.05, 3.63) is 78.9 Å². The topological polar surface area (TPSA) is 99.4 Å². The summed E-state index contributed by atoms with van der Waals surface area (Å²) < 4.78 is 18.0. The molecule has 0 bridgehead atoms. The Balaban J connectivity index is 1.91. The van der Waals surface area contributed by atoms with E-state index in [4.69, 9.17) is 19.2 Å². The lowest BCUT2D eigenvalue weighted by molar-refractivity contribution is -0.138. The van der Waals surface area contributed by atoms with Crippen molar-refractivity contribution in [3.63, 3.8) is 0 Å². The molecule has 1 aromatic heterocycles. The number of methoxy groups -OCH3 is 1. The second kappa shape index (κ2) is 10.2. The molecule has 8 nitrogen and oxygen atoms in total.